The van der Waals surface area contributed by atoms with E-state index in [2.05, 4.69) is 43.5 Å². The number of benzene rings is 3. The van der Waals surface area contributed by atoms with E-state index in [0.29, 0.717) is 24.6 Å². The Kier molecular flexibility index (Phi) is 9.84. The Bertz CT molecular complexity index is 1180. The molecule has 7 nitrogen and oxygen atoms in total. The summed E-state index contributed by atoms with van der Waals surface area (Å²) in [4.78, 5) is 38.0. The molecule has 1 atom stereocenters. The van der Waals surface area contributed by atoms with Gasteiger partial charge in [0.05, 0.1) is 6.42 Å². The van der Waals surface area contributed by atoms with Crippen LogP contribution in [0.5, 0.6) is 0 Å². The summed E-state index contributed by atoms with van der Waals surface area (Å²) in [6.45, 7) is 7.30. The molecular formula is C30H35N3O4. The van der Waals surface area contributed by atoms with Gasteiger partial charge in [0.1, 0.15) is 0 Å². The summed E-state index contributed by atoms with van der Waals surface area (Å²) in [5.74, 6) is -0.760. The second kappa shape index (κ2) is 13.3. The van der Waals surface area contributed by atoms with Crippen molar-refractivity contribution in [2.75, 3.05) is 18.4 Å². The number of hydrogen-bond acceptors (Lipinski definition) is 3. The molecular weight excluding hydrogens is 466 g/mol. The number of carbonyl (C=O) groups is 3. The first kappa shape index (κ1) is 27.5. The number of nitrogens with one attached hydrogen (secondary N) is 2. The average molecular weight is 502 g/mol. The lowest BCUT2D eigenvalue weighted by Crippen LogP contribution is -2.37. The van der Waals surface area contributed by atoms with Crippen molar-refractivity contribution in [1.29, 1.82) is 0 Å². The highest BCUT2D eigenvalue weighted by atomic mass is 16.4. The highest BCUT2D eigenvalue weighted by Crippen LogP contribution is 2.21. The summed E-state index contributed by atoms with van der Waals surface area (Å²) in [5, 5.41) is 14.4. The zero-order valence-electron chi connectivity index (χ0n) is 21.6. The van der Waals surface area contributed by atoms with Crippen LogP contribution in [0.15, 0.2) is 78.9 Å². The van der Waals surface area contributed by atoms with Gasteiger partial charge in [0.25, 0.3) is 5.91 Å². The van der Waals surface area contributed by atoms with Crippen LogP contribution in [0.4, 0.5) is 10.5 Å². The number of aliphatic carboxylic acids is 1. The van der Waals surface area contributed by atoms with Crippen LogP contribution < -0.4 is 10.6 Å². The van der Waals surface area contributed by atoms with E-state index in [1.54, 1.807) is 17.0 Å². The van der Waals surface area contributed by atoms with E-state index >= 15 is 0 Å². The monoisotopic (exact) mass is 501 g/mol. The molecule has 0 aliphatic rings. The third-order valence-corrected chi connectivity index (χ3v) is 6.19. The molecule has 3 aromatic rings. The number of carboxylic acid groups (broad SMARTS) is 1. The first-order valence-electron chi connectivity index (χ1n) is 12.5. The third kappa shape index (κ3) is 8.49. The zero-order chi connectivity index (χ0) is 26.8. The normalized spacial score (nSPS) is 11.6. The van der Waals surface area contributed by atoms with Crippen LogP contribution in [0.25, 0.3) is 0 Å². The summed E-state index contributed by atoms with van der Waals surface area (Å²) in [5.41, 5.74) is 4.41. The van der Waals surface area contributed by atoms with Gasteiger partial charge >= 0.3 is 12.0 Å². The molecule has 0 saturated carbocycles. The molecule has 0 aliphatic carbocycles. The Balaban J connectivity index is 1.72. The minimum Gasteiger partial charge on any atom is -0.481 e. The number of nitrogens with zero attached hydrogens (tertiary/aromatic N) is 1. The Labute approximate surface area is 218 Å². The van der Waals surface area contributed by atoms with E-state index < -0.39 is 5.97 Å². The predicted octanol–water partition coefficient (Wildman–Crippen LogP) is 5.85. The van der Waals surface area contributed by atoms with Crippen LogP contribution in [-0.2, 0) is 11.3 Å². The Morgan fingerprint density at radius 3 is 2.08 bits per heavy atom. The maximum atomic E-state index is 13.4. The highest BCUT2D eigenvalue weighted by molar-refractivity contribution is 5.94. The lowest BCUT2D eigenvalue weighted by atomic mass is 10.0. The van der Waals surface area contributed by atoms with Gasteiger partial charge in [-0.2, -0.15) is 0 Å². The lowest BCUT2D eigenvalue weighted by molar-refractivity contribution is -0.136. The maximum absolute atomic E-state index is 13.4. The second-order valence-electron chi connectivity index (χ2n) is 9.50. The molecule has 3 N–H and O–H groups in total. The molecule has 194 valence electrons. The molecule has 0 aromatic heterocycles. The van der Waals surface area contributed by atoms with Gasteiger partial charge < -0.3 is 20.6 Å². The molecule has 7 heteroatoms. The third-order valence-electron chi connectivity index (χ3n) is 6.19. The van der Waals surface area contributed by atoms with Crippen molar-refractivity contribution in [2.24, 2.45) is 0 Å². The first-order valence-corrected chi connectivity index (χ1v) is 12.5. The molecule has 37 heavy (non-hydrogen) atoms. The summed E-state index contributed by atoms with van der Waals surface area (Å²) in [6.07, 6.45) is -0.131. The fraction of sp³-hybridized carbons (Fsp3) is 0.300. The highest BCUT2D eigenvalue weighted by Gasteiger charge is 2.19. The standard InChI is InChI=1S/C30H35N3O4/c1-21(2)24-13-15-27(16-14-24)32-30(37)33(19-22(3)25-7-5-4-6-8-25)20-23-9-11-26(12-10-23)29(36)31-18-17-28(34)35/h4-16,21-22H,17-20H2,1-3H3,(H,31,36)(H,32,37)(H,34,35). The number of urea groups is 1. The predicted molar refractivity (Wildman–Crippen MR) is 146 cm³/mol. The van der Waals surface area contributed by atoms with Crippen LogP contribution in [0.1, 0.15) is 66.1 Å². The average Bonchev–Trinajstić information content (AvgIpc) is 2.89. The quantitative estimate of drug-likeness (QED) is 0.307. The van der Waals surface area contributed by atoms with Gasteiger partial charge in [0.15, 0.2) is 0 Å². The molecule has 3 rings (SSSR count). The summed E-state index contributed by atoms with van der Waals surface area (Å²) >= 11 is 0. The molecule has 0 fully saturated rings. The molecule has 0 bridgehead atoms. The number of carboxylic acids is 1. The van der Waals surface area contributed by atoms with E-state index in [1.807, 2.05) is 54.6 Å². The van der Waals surface area contributed by atoms with E-state index in [0.717, 1.165) is 16.8 Å². The molecule has 3 aromatic carbocycles. The van der Waals surface area contributed by atoms with Crippen LogP contribution in [-0.4, -0.2) is 41.0 Å². The SMILES string of the molecule is CC(C)c1ccc(NC(=O)N(Cc2ccc(C(=O)NCCC(=O)O)cc2)CC(C)c2ccccc2)cc1. The second-order valence-corrected chi connectivity index (χ2v) is 9.50. The summed E-state index contributed by atoms with van der Waals surface area (Å²) in [6, 6.07) is 24.8. The molecule has 0 spiro atoms. The number of rotatable bonds is 11. The van der Waals surface area contributed by atoms with Crippen molar-refractivity contribution < 1.29 is 19.5 Å². The van der Waals surface area contributed by atoms with Crippen molar-refractivity contribution in [3.8, 4) is 0 Å². The van der Waals surface area contributed by atoms with Crippen molar-refractivity contribution >= 4 is 23.6 Å². The van der Waals surface area contributed by atoms with Crippen molar-refractivity contribution in [2.45, 2.75) is 45.6 Å². The lowest BCUT2D eigenvalue weighted by Gasteiger charge is -2.27. The topological polar surface area (TPSA) is 98.7 Å². The molecule has 1 unspecified atom stereocenters. The molecule has 0 radical (unpaired) electrons. The molecule has 0 aliphatic heterocycles. The Hall–Kier alpha value is -4.13. The first-order chi connectivity index (χ1) is 17.7. The number of hydrogen-bond donors (Lipinski definition) is 3. The summed E-state index contributed by atoms with van der Waals surface area (Å²) in [7, 11) is 0. The van der Waals surface area contributed by atoms with Gasteiger partial charge in [-0.25, -0.2) is 4.79 Å². The molecule has 3 amide bonds. The molecule has 0 saturated heterocycles. The van der Waals surface area contributed by atoms with E-state index in [-0.39, 0.29) is 30.8 Å². The van der Waals surface area contributed by atoms with Crippen LogP contribution in [0.3, 0.4) is 0 Å². The van der Waals surface area contributed by atoms with Gasteiger partial charge in [-0.3, -0.25) is 9.59 Å². The minimum absolute atomic E-state index is 0.0688. The van der Waals surface area contributed by atoms with Crippen LogP contribution in [0, 0.1) is 0 Å². The molecule has 0 heterocycles. The summed E-state index contributed by atoms with van der Waals surface area (Å²) < 4.78 is 0. The van der Waals surface area contributed by atoms with Gasteiger partial charge in [0, 0.05) is 30.9 Å². The zero-order valence-corrected chi connectivity index (χ0v) is 21.6. The van der Waals surface area contributed by atoms with Gasteiger partial charge in [0.2, 0.25) is 0 Å². The van der Waals surface area contributed by atoms with Gasteiger partial charge in [-0.15, -0.1) is 0 Å². The smallest absolute Gasteiger partial charge is 0.322 e. The maximum Gasteiger partial charge on any atom is 0.322 e. The van der Waals surface area contributed by atoms with Crippen LogP contribution in [0.2, 0.25) is 0 Å². The fourth-order valence-corrected chi connectivity index (χ4v) is 3.96. The van der Waals surface area contributed by atoms with Gasteiger partial charge in [-0.1, -0.05) is 75.4 Å². The van der Waals surface area contributed by atoms with Gasteiger partial charge in [-0.05, 0) is 52.8 Å². The minimum atomic E-state index is -0.963. The largest absolute Gasteiger partial charge is 0.481 e. The van der Waals surface area contributed by atoms with E-state index in [4.69, 9.17) is 5.11 Å². The Morgan fingerprint density at radius 2 is 1.49 bits per heavy atom. The number of amides is 3. The number of anilines is 1. The van der Waals surface area contributed by atoms with E-state index in [1.165, 1.54) is 5.56 Å². The van der Waals surface area contributed by atoms with E-state index in [9.17, 15) is 14.4 Å². The number of carbonyl (C=O) groups excluding carboxylic acids is 2. The van der Waals surface area contributed by atoms with Crippen molar-refractivity contribution in [1.82, 2.24) is 10.2 Å². The van der Waals surface area contributed by atoms with Crippen LogP contribution >= 0.6 is 0 Å². The Morgan fingerprint density at radius 1 is 0.838 bits per heavy atom. The fourth-order valence-electron chi connectivity index (χ4n) is 3.96. The van der Waals surface area contributed by atoms with Crippen molar-refractivity contribution in [3.05, 3.63) is 101 Å². The van der Waals surface area contributed by atoms with Crippen molar-refractivity contribution in [3.63, 3.8) is 0 Å².